The molecule has 0 aromatic heterocycles. The van der Waals surface area contributed by atoms with Crippen molar-refractivity contribution in [2.75, 3.05) is 20.2 Å². The van der Waals surface area contributed by atoms with Gasteiger partial charge in [0, 0.05) is 18.7 Å². The highest BCUT2D eigenvalue weighted by molar-refractivity contribution is 5.39. The van der Waals surface area contributed by atoms with Gasteiger partial charge in [-0.3, -0.25) is 4.90 Å². The van der Waals surface area contributed by atoms with Crippen LogP contribution < -0.4 is 0 Å². The minimum absolute atomic E-state index is 0.142. The fourth-order valence-corrected chi connectivity index (χ4v) is 1.39. The fraction of sp³-hybridized carbons (Fsp3) is 0.455. The fourth-order valence-electron chi connectivity index (χ4n) is 1.39. The van der Waals surface area contributed by atoms with E-state index >= 15 is 0 Å². The summed E-state index contributed by atoms with van der Waals surface area (Å²) in [7, 11) is 1.91. The lowest BCUT2D eigenvalue weighted by Crippen LogP contribution is -2.21. The first kappa shape index (κ1) is 11.0. The van der Waals surface area contributed by atoms with Crippen molar-refractivity contribution < 1.29 is 10.2 Å². The quantitative estimate of drug-likeness (QED) is 0.756. The molecular formula is C11H17NO2. The smallest absolute Gasteiger partial charge is 0.122 e. The summed E-state index contributed by atoms with van der Waals surface area (Å²) in [6.07, 6.45) is 0. The third kappa shape index (κ3) is 2.72. The molecular weight excluding hydrogens is 178 g/mol. The molecule has 0 aliphatic rings. The van der Waals surface area contributed by atoms with Gasteiger partial charge in [0.1, 0.15) is 5.75 Å². The Bertz CT molecular complexity index is 299. The van der Waals surface area contributed by atoms with Gasteiger partial charge in [0.05, 0.1) is 6.61 Å². The van der Waals surface area contributed by atoms with Gasteiger partial charge in [0.2, 0.25) is 0 Å². The highest BCUT2D eigenvalue weighted by Crippen LogP contribution is 2.22. The molecule has 0 amide bonds. The number of benzene rings is 1. The molecule has 14 heavy (non-hydrogen) atoms. The molecule has 1 rings (SSSR count). The number of aliphatic hydroxyl groups is 1. The molecule has 0 fully saturated rings. The van der Waals surface area contributed by atoms with Crippen molar-refractivity contribution in [3.05, 3.63) is 29.3 Å². The van der Waals surface area contributed by atoms with E-state index in [1.165, 1.54) is 0 Å². The number of phenolic OH excluding ortho intramolecular Hbond substituents is 1. The van der Waals surface area contributed by atoms with Crippen LogP contribution in [0.5, 0.6) is 5.75 Å². The molecule has 0 heterocycles. The Labute approximate surface area is 84.6 Å². The summed E-state index contributed by atoms with van der Waals surface area (Å²) in [5.74, 6) is 0.359. The van der Waals surface area contributed by atoms with E-state index in [9.17, 15) is 5.11 Å². The third-order valence-electron chi connectivity index (χ3n) is 2.24. The second-order valence-corrected chi connectivity index (χ2v) is 3.54. The van der Waals surface area contributed by atoms with Crippen LogP contribution in [0.4, 0.5) is 0 Å². The van der Waals surface area contributed by atoms with Crippen molar-refractivity contribution in [3.8, 4) is 5.75 Å². The van der Waals surface area contributed by atoms with Gasteiger partial charge in [-0.15, -0.1) is 0 Å². The van der Waals surface area contributed by atoms with Gasteiger partial charge in [0.25, 0.3) is 0 Å². The van der Waals surface area contributed by atoms with Gasteiger partial charge in [-0.2, -0.15) is 0 Å². The first-order chi connectivity index (χ1) is 6.65. The Hall–Kier alpha value is -1.06. The maximum atomic E-state index is 9.73. The number of likely N-dealkylation sites (N-methyl/N-ethyl adjacent to an activating group) is 1. The standard InChI is InChI=1S/C11H17NO2/c1-9-4-3-5-10(11(9)14)8-12(2)6-7-13/h3-5,13-14H,6-8H2,1-2H3. The maximum Gasteiger partial charge on any atom is 0.122 e. The zero-order valence-electron chi connectivity index (χ0n) is 8.70. The molecule has 0 bridgehead atoms. The normalized spacial score (nSPS) is 10.9. The molecule has 0 unspecified atom stereocenters. The van der Waals surface area contributed by atoms with Gasteiger partial charge in [-0.05, 0) is 19.5 Å². The summed E-state index contributed by atoms with van der Waals surface area (Å²) in [6, 6.07) is 5.71. The van der Waals surface area contributed by atoms with Crippen LogP contribution in [0.15, 0.2) is 18.2 Å². The average Bonchev–Trinajstić information content (AvgIpc) is 2.13. The van der Waals surface area contributed by atoms with Crippen LogP contribution in [0.2, 0.25) is 0 Å². The van der Waals surface area contributed by atoms with Crippen LogP contribution in [0.25, 0.3) is 0 Å². The Morgan fingerprint density at radius 3 is 2.71 bits per heavy atom. The number of phenols is 1. The minimum Gasteiger partial charge on any atom is -0.507 e. The van der Waals surface area contributed by atoms with Crippen LogP contribution in [-0.4, -0.2) is 35.3 Å². The highest BCUT2D eigenvalue weighted by Gasteiger charge is 2.05. The van der Waals surface area contributed by atoms with Gasteiger partial charge >= 0.3 is 0 Å². The number of aliphatic hydroxyl groups excluding tert-OH is 1. The molecule has 1 aromatic carbocycles. The molecule has 2 N–H and O–H groups in total. The van der Waals surface area contributed by atoms with Gasteiger partial charge in [-0.1, -0.05) is 18.2 Å². The second-order valence-electron chi connectivity index (χ2n) is 3.54. The zero-order chi connectivity index (χ0) is 10.6. The molecule has 1 aromatic rings. The SMILES string of the molecule is Cc1cccc(CN(C)CCO)c1O. The molecule has 0 radical (unpaired) electrons. The van der Waals surface area contributed by atoms with Crippen molar-refractivity contribution in [2.45, 2.75) is 13.5 Å². The van der Waals surface area contributed by atoms with Crippen molar-refractivity contribution in [1.82, 2.24) is 4.90 Å². The van der Waals surface area contributed by atoms with E-state index in [1.807, 2.05) is 37.1 Å². The maximum absolute atomic E-state index is 9.73. The number of nitrogens with zero attached hydrogens (tertiary/aromatic N) is 1. The van der Waals surface area contributed by atoms with Gasteiger partial charge in [-0.25, -0.2) is 0 Å². The lowest BCUT2D eigenvalue weighted by atomic mass is 10.1. The minimum atomic E-state index is 0.142. The Morgan fingerprint density at radius 2 is 2.07 bits per heavy atom. The van der Waals surface area contributed by atoms with Gasteiger partial charge in [0.15, 0.2) is 0 Å². The van der Waals surface area contributed by atoms with Crippen LogP contribution in [-0.2, 0) is 6.54 Å². The predicted octanol–water partition coefficient (Wildman–Crippen LogP) is 1.12. The lowest BCUT2D eigenvalue weighted by molar-refractivity contribution is 0.216. The summed E-state index contributed by atoms with van der Waals surface area (Å²) in [5.41, 5.74) is 1.79. The summed E-state index contributed by atoms with van der Waals surface area (Å²) in [6.45, 7) is 3.30. The first-order valence-electron chi connectivity index (χ1n) is 4.72. The summed E-state index contributed by atoms with van der Waals surface area (Å²) < 4.78 is 0. The predicted molar refractivity (Wildman–Crippen MR) is 56.3 cm³/mol. The number of para-hydroxylation sites is 1. The van der Waals surface area contributed by atoms with E-state index in [2.05, 4.69) is 0 Å². The largest absolute Gasteiger partial charge is 0.507 e. The average molecular weight is 195 g/mol. The lowest BCUT2D eigenvalue weighted by Gasteiger charge is -2.16. The number of aryl methyl sites for hydroxylation is 1. The molecule has 0 aliphatic heterocycles. The third-order valence-corrected chi connectivity index (χ3v) is 2.24. The number of rotatable bonds is 4. The van der Waals surface area contributed by atoms with Crippen molar-refractivity contribution in [1.29, 1.82) is 0 Å². The van der Waals surface area contributed by atoms with Crippen LogP contribution in [0, 0.1) is 6.92 Å². The molecule has 0 spiro atoms. The Kier molecular flexibility index (Phi) is 3.92. The molecule has 0 aliphatic carbocycles. The van der Waals surface area contributed by atoms with E-state index in [4.69, 9.17) is 5.11 Å². The first-order valence-corrected chi connectivity index (χ1v) is 4.72. The zero-order valence-corrected chi connectivity index (χ0v) is 8.70. The monoisotopic (exact) mass is 195 g/mol. The van der Waals surface area contributed by atoms with Gasteiger partial charge < -0.3 is 10.2 Å². The van der Waals surface area contributed by atoms with Crippen molar-refractivity contribution >= 4 is 0 Å². The second kappa shape index (κ2) is 4.98. The van der Waals surface area contributed by atoms with Crippen LogP contribution >= 0.6 is 0 Å². The highest BCUT2D eigenvalue weighted by atomic mass is 16.3. The molecule has 3 heteroatoms. The summed E-state index contributed by atoms with van der Waals surface area (Å²) >= 11 is 0. The van der Waals surface area contributed by atoms with Crippen molar-refractivity contribution in [3.63, 3.8) is 0 Å². The Morgan fingerprint density at radius 1 is 1.36 bits per heavy atom. The topological polar surface area (TPSA) is 43.7 Å². The molecule has 3 nitrogen and oxygen atoms in total. The number of aromatic hydroxyl groups is 1. The van der Waals surface area contributed by atoms with E-state index < -0.39 is 0 Å². The van der Waals surface area contributed by atoms with Crippen LogP contribution in [0.3, 0.4) is 0 Å². The number of hydrogen-bond donors (Lipinski definition) is 2. The summed E-state index contributed by atoms with van der Waals surface area (Å²) in [5, 5.41) is 18.5. The van der Waals surface area contributed by atoms with E-state index in [-0.39, 0.29) is 6.61 Å². The summed E-state index contributed by atoms with van der Waals surface area (Å²) in [4.78, 5) is 1.97. The van der Waals surface area contributed by atoms with Crippen molar-refractivity contribution in [2.24, 2.45) is 0 Å². The van der Waals surface area contributed by atoms with E-state index in [0.717, 1.165) is 11.1 Å². The molecule has 0 saturated heterocycles. The Balaban J connectivity index is 2.71. The van der Waals surface area contributed by atoms with E-state index in [0.29, 0.717) is 18.8 Å². The molecule has 0 saturated carbocycles. The van der Waals surface area contributed by atoms with E-state index in [1.54, 1.807) is 0 Å². The number of hydrogen-bond acceptors (Lipinski definition) is 3. The molecule has 78 valence electrons. The van der Waals surface area contributed by atoms with Crippen LogP contribution in [0.1, 0.15) is 11.1 Å². The molecule has 0 atom stereocenters.